The lowest BCUT2D eigenvalue weighted by Gasteiger charge is -2.02. The maximum Gasteiger partial charge on any atom is 0.137 e. The predicted octanol–water partition coefficient (Wildman–Crippen LogP) is 2.49. The molecule has 0 spiro atoms. The highest BCUT2D eigenvalue weighted by atomic mass is 19.1. The van der Waals surface area contributed by atoms with Gasteiger partial charge < -0.3 is 0 Å². The van der Waals surface area contributed by atoms with Gasteiger partial charge in [0.2, 0.25) is 0 Å². The average Bonchev–Trinajstić information content (AvgIpc) is 2.11. The van der Waals surface area contributed by atoms with Crippen LogP contribution in [0.1, 0.15) is 18.9 Å². The van der Waals surface area contributed by atoms with E-state index in [2.05, 4.69) is 0 Å². The lowest BCUT2D eigenvalue weighted by atomic mass is 10.1. The predicted molar refractivity (Wildman–Crippen MR) is 45.4 cm³/mol. The van der Waals surface area contributed by atoms with Crippen molar-refractivity contribution >= 4 is 5.78 Å². The largest absolute Gasteiger partial charge is 0.299 e. The van der Waals surface area contributed by atoms with Gasteiger partial charge in [0.15, 0.2) is 0 Å². The molecule has 1 nitrogen and oxygen atoms in total. The third-order valence-electron chi connectivity index (χ3n) is 1.83. The van der Waals surface area contributed by atoms with Crippen LogP contribution in [0.15, 0.2) is 18.2 Å². The summed E-state index contributed by atoms with van der Waals surface area (Å²) in [4.78, 5) is 11.0. The summed E-state index contributed by atoms with van der Waals surface area (Å²) in [6, 6.07) is 3.59. The van der Waals surface area contributed by atoms with Gasteiger partial charge in [-0.1, -0.05) is 13.0 Å². The highest BCUT2D eigenvalue weighted by Gasteiger charge is 2.11. The first-order chi connectivity index (χ1) is 6.15. The Morgan fingerprint density at radius 3 is 2.31 bits per heavy atom. The van der Waals surface area contributed by atoms with Crippen LogP contribution in [0.2, 0.25) is 0 Å². The van der Waals surface area contributed by atoms with E-state index in [0.29, 0.717) is 6.42 Å². The summed E-state index contributed by atoms with van der Waals surface area (Å²) in [6.07, 6.45) is 0.142. The summed E-state index contributed by atoms with van der Waals surface area (Å²) in [5, 5.41) is 0. The van der Waals surface area contributed by atoms with Gasteiger partial charge in [-0.15, -0.1) is 0 Å². The number of halogens is 2. The first-order valence-corrected chi connectivity index (χ1v) is 4.09. The van der Waals surface area contributed by atoms with Crippen LogP contribution in [0, 0.1) is 11.6 Å². The van der Waals surface area contributed by atoms with Crippen LogP contribution in [0.5, 0.6) is 0 Å². The Hall–Kier alpha value is -1.25. The Balaban J connectivity index is 2.93. The van der Waals surface area contributed by atoms with E-state index in [0.717, 1.165) is 12.1 Å². The Labute approximate surface area is 75.4 Å². The first-order valence-electron chi connectivity index (χ1n) is 4.09. The summed E-state index contributed by atoms with van der Waals surface area (Å²) in [5.74, 6) is -1.47. The van der Waals surface area contributed by atoms with Gasteiger partial charge in [0.05, 0.1) is 0 Å². The second-order valence-corrected chi connectivity index (χ2v) is 2.77. The minimum atomic E-state index is -0.651. The molecular formula is C10H10F2O. The first kappa shape index (κ1) is 9.84. The van der Waals surface area contributed by atoms with E-state index in [9.17, 15) is 13.6 Å². The van der Waals surface area contributed by atoms with Crippen molar-refractivity contribution in [3.8, 4) is 0 Å². The minimum absolute atomic E-state index is 0.130. The van der Waals surface area contributed by atoms with E-state index < -0.39 is 11.6 Å². The van der Waals surface area contributed by atoms with Crippen LogP contribution in [-0.4, -0.2) is 5.78 Å². The molecule has 0 aliphatic heterocycles. The third kappa shape index (κ3) is 2.34. The number of carbonyl (C=O) groups excluding carboxylic acids is 1. The van der Waals surface area contributed by atoms with E-state index >= 15 is 0 Å². The molecule has 0 atom stereocenters. The maximum atomic E-state index is 13.0. The molecule has 3 heteroatoms. The van der Waals surface area contributed by atoms with Crippen LogP contribution in [0.3, 0.4) is 0 Å². The van der Waals surface area contributed by atoms with Gasteiger partial charge in [0, 0.05) is 18.4 Å². The molecule has 0 saturated heterocycles. The van der Waals surface area contributed by atoms with Crippen LogP contribution in [-0.2, 0) is 11.2 Å². The fourth-order valence-electron chi connectivity index (χ4n) is 1.02. The molecule has 0 aromatic heterocycles. The number of hydrogen-bond acceptors (Lipinski definition) is 1. The summed E-state index contributed by atoms with van der Waals surface area (Å²) in [6.45, 7) is 1.67. The molecule has 1 rings (SSSR count). The van der Waals surface area contributed by atoms with Crippen molar-refractivity contribution in [1.82, 2.24) is 0 Å². The molecule has 0 aliphatic carbocycles. The number of ketones is 1. The number of carbonyl (C=O) groups is 1. The maximum absolute atomic E-state index is 13.0. The molecule has 0 saturated carbocycles. The lowest BCUT2D eigenvalue weighted by Crippen LogP contribution is -2.04. The lowest BCUT2D eigenvalue weighted by molar-refractivity contribution is -0.118. The zero-order chi connectivity index (χ0) is 9.84. The average molecular weight is 184 g/mol. The monoisotopic (exact) mass is 184 g/mol. The topological polar surface area (TPSA) is 17.1 Å². The second-order valence-electron chi connectivity index (χ2n) is 2.77. The zero-order valence-electron chi connectivity index (χ0n) is 7.31. The molecule has 70 valence electrons. The van der Waals surface area contributed by atoms with E-state index in [1.807, 2.05) is 0 Å². The van der Waals surface area contributed by atoms with Crippen LogP contribution < -0.4 is 0 Å². The normalized spacial score (nSPS) is 10.1. The quantitative estimate of drug-likeness (QED) is 0.705. The molecule has 0 radical (unpaired) electrons. The number of Topliss-reactive ketones (excluding diaryl/α,β-unsaturated/α-hetero) is 1. The number of benzene rings is 1. The molecule has 13 heavy (non-hydrogen) atoms. The van der Waals surface area contributed by atoms with E-state index in [-0.39, 0.29) is 17.8 Å². The Kier molecular flexibility index (Phi) is 3.12. The molecule has 0 fully saturated rings. The van der Waals surface area contributed by atoms with Crippen molar-refractivity contribution in [2.45, 2.75) is 19.8 Å². The zero-order valence-corrected chi connectivity index (χ0v) is 7.31. The minimum Gasteiger partial charge on any atom is -0.299 e. The highest BCUT2D eigenvalue weighted by Crippen LogP contribution is 2.13. The van der Waals surface area contributed by atoms with Crippen molar-refractivity contribution in [2.75, 3.05) is 0 Å². The van der Waals surface area contributed by atoms with Gasteiger partial charge in [-0.05, 0) is 12.1 Å². The Morgan fingerprint density at radius 2 is 1.85 bits per heavy atom. The highest BCUT2D eigenvalue weighted by molar-refractivity contribution is 5.80. The van der Waals surface area contributed by atoms with E-state index in [4.69, 9.17) is 0 Å². The van der Waals surface area contributed by atoms with Gasteiger partial charge in [-0.2, -0.15) is 0 Å². The number of hydrogen-bond donors (Lipinski definition) is 0. The van der Waals surface area contributed by atoms with Gasteiger partial charge in [-0.3, -0.25) is 4.79 Å². The molecule has 0 bridgehead atoms. The third-order valence-corrected chi connectivity index (χ3v) is 1.83. The molecule has 0 aliphatic rings. The van der Waals surface area contributed by atoms with Crippen LogP contribution in [0.4, 0.5) is 8.78 Å². The SMILES string of the molecule is CCC(=O)Cc1c(F)cccc1F. The van der Waals surface area contributed by atoms with Crippen molar-refractivity contribution in [3.05, 3.63) is 35.4 Å². The Morgan fingerprint density at radius 1 is 1.31 bits per heavy atom. The van der Waals surface area contributed by atoms with Crippen LogP contribution in [0.25, 0.3) is 0 Å². The van der Waals surface area contributed by atoms with Crippen LogP contribution >= 0.6 is 0 Å². The summed E-state index contributed by atoms with van der Waals surface area (Å²) in [5.41, 5.74) is -0.130. The van der Waals surface area contributed by atoms with E-state index in [1.54, 1.807) is 6.92 Å². The molecule has 1 aromatic carbocycles. The molecule has 0 amide bonds. The molecular weight excluding hydrogens is 174 g/mol. The van der Waals surface area contributed by atoms with Gasteiger partial charge in [0.25, 0.3) is 0 Å². The van der Waals surface area contributed by atoms with Gasteiger partial charge >= 0.3 is 0 Å². The smallest absolute Gasteiger partial charge is 0.137 e. The van der Waals surface area contributed by atoms with Gasteiger partial charge in [-0.25, -0.2) is 8.78 Å². The summed E-state index contributed by atoms with van der Waals surface area (Å²) >= 11 is 0. The van der Waals surface area contributed by atoms with Crippen molar-refractivity contribution in [3.63, 3.8) is 0 Å². The fraction of sp³-hybridized carbons (Fsp3) is 0.300. The van der Waals surface area contributed by atoms with Gasteiger partial charge in [0.1, 0.15) is 17.4 Å². The molecule has 0 unspecified atom stereocenters. The summed E-state index contributed by atoms with van der Waals surface area (Å²) < 4.78 is 25.9. The van der Waals surface area contributed by atoms with Crippen molar-refractivity contribution in [2.24, 2.45) is 0 Å². The van der Waals surface area contributed by atoms with E-state index in [1.165, 1.54) is 6.07 Å². The summed E-state index contributed by atoms with van der Waals surface area (Å²) in [7, 11) is 0. The molecule has 0 N–H and O–H groups in total. The number of rotatable bonds is 3. The molecule has 1 aromatic rings. The molecule has 0 heterocycles. The van der Waals surface area contributed by atoms with Crippen molar-refractivity contribution in [1.29, 1.82) is 0 Å². The Bertz CT molecular complexity index is 300. The standard InChI is InChI=1S/C10H10F2O/c1-2-7(13)6-8-9(11)4-3-5-10(8)12/h3-5H,2,6H2,1H3. The fourth-order valence-corrected chi connectivity index (χ4v) is 1.02. The second kappa shape index (κ2) is 4.12. The van der Waals surface area contributed by atoms with Crippen molar-refractivity contribution < 1.29 is 13.6 Å².